The molecule has 2 amide bonds. The van der Waals surface area contributed by atoms with Gasteiger partial charge in [-0.1, -0.05) is 36.4 Å². The fraction of sp³-hybridized carbons (Fsp3) is 0.375. The van der Waals surface area contributed by atoms with Crippen molar-refractivity contribution in [2.75, 3.05) is 19.8 Å². The molecular weight excluding hydrogens is 270 g/mol. The average molecular weight is 287 g/mol. The molecule has 5 heteroatoms. The summed E-state index contributed by atoms with van der Waals surface area (Å²) in [4.78, 5) is 24.2. The zero-order chi connectivity index (χ0) is 14.7. The molecule has 2 aliphatic heterocycles. The summed E-state index contributed by atoms with van der Waals surface area (Å²) in [7, 11) is 0. The molecule has 0 radical (unpaired) electrons. The molecule has 2 aliphatic rings. The largest absolute Gasteiger partial charge is 0.346 e. The minimum atomic E-state index is -0.261. The van der Waals surface area contributed by atoms with E-state index in [1.807, 2.05) is 36.4 Å². The van der Waals surface area contributed by atoms with E-state index < -0.39 is 0 Å². The quantitative estimate of drug-likeness (QED) is 0.794. The minimum Gasteiger partial charge on any atom is -0.346 e. The Labute approximate surface area is 123 Å². The lowest BCUT2D eigenvalue weighted by atomic mass is 10.1. The number of rotatable bonds is 4. The number of ether oxygens (including phenoxy) is 2. The summed E-state index contributed by atoms with van der Waals surface area (Å²) in [5.74, 6) is -0.175. The number of likely N-dealkylation sites (tertiary alicyclic amines) is 1. The third kappa shape index (κ3) is 3.20. The molecule has 0 spiro atoms. The second-order valence-electron chi connectivity index (χ2n) is 5.04. The van der Waals surface area contributed by atoms with Gasteiger partial charge in [-0.15, -0.1) is 0 Å². The van der Waals surface area contributed by atoms with Crippen LogP contribution < -0.4 is 0 Å². The SMILES string of the molecule is O=C1CCC(=O)N1C/C=C/c1ccc(C2OCCO2)cc1. The van der Waals surface area contributed by atoms with Gasteiger partial charge >= 0.3 is 0 Å². The number of hydrogen-bond donors (Lipinski definition) is 0. The third-order valence-corrected chi connectivity index (χ3v) is 3.58. The van der Waals surface area contributed by atoms with E-state index in [1.54, 1.807) is 0 Å². The standard InChI is InChI=1S/C16H17NO4/c18-14-7-8-15(19)17(14)9-1-2-12-3-5-13(6-4-12)16-20-10-11-21-16/h1-6,16H,7-11H2/b2-1+. The van der Waals surface area contributed by atoms with Crippen molar-refractivity contribution in [3.8, 4) is 0 Å². The highest BCUT2D eigenvalue weighted by atomic mass is 16.7. The Hall–Kier alpha value is -1.98. The Kier molecular flexibility index (Phi) is 4.13. The summed E-state index contributed by atoms with van der Waals surface area (Å²) >= 11 is 0. The first-order valence-electron chi connectivity index (χ1n) is 7.07. The van der Waals surface area contributed by atoms with Crippen LogP contribution in [0.15, 0.2) is 30.3 Å². The van der Waals surface area contributed by atoms with E-state index in [0.717, 1.165) is 11.1 Å². The average Bonchev–Trinajstić information content (AvgIpc) is 3.13. The highest BCUT2D eigenvalue weighted by Gasteiger charge is 2.27. The first-order valence-corrected chi connectivity index (χ1v) is 7.07. The van der Waals surface area contributed by atoms with Crippen molar-refractivity contribution >= 4 is 17.9 Å². The Morgan fingerprint density at radius 3 is 2.29 bits per heavy atom. The van der Waals surface area contributed by atoms with Crippen molar-refractivity contribution in [1.29, 1.82) is 0 Å². The molecule has 0 N–H and O–H groups in total. The molecule has 1 aromatic carbocycles. The maximum atomic E-state index is 11.5. The zero-order valence-electron chi connectivity index (χ0n) is 11.7. The number of nitrogens with zero attached hydrogens (tertiary/aromatic N) is 1. The maximum Gasteiger partial charge on any atom is 0.229 e. The van der Waals surface area contributed by atoms with Gasteiger partial charge in [0, 0.05) is 24.9 Å². The lowest BCUT2D eigenvalue weighted by molar-refractivity contribution is -0.137. The highest BCUT2D eigenvalue weighted by Crippen LogP contribution is 2.23. The molecule has 3 rings (SSSR count). The van der Waals surface area contributed by atoms with Gasteiger partial charge in [-0.25, -0.2) is 0 Å². The predicted octanol–water partition coefficient (Wildman–Crippen LogP) is 1.89. The number of benzene rings is 1. The number of hydrogen-bond acceptors (Lipinski definition) is 4. The van der Waals surface area contributed by atoms with Crippen LogP contribution in [0.5, 0.6) is 0 Å². The summed E-state index contributed by atoms with van der Waals surface area (Å²) in [6, 6.07) is 7.85. The van der Waals surface area contributed by atoms with Crippen LogP contribution in [0.1, 0.15) is 30.3 Å². The van der Waals surface area contributed by atoms with E-state index in [-0.39, 0.29) is 18.1 Å². The van der Waals surface area contributed by atoms with Crippen molar-refractivity contribution in [1.82, 2.24) is 4.90 Å². The molecule has 0 aromatic heterocycles. The lowest BCUT2D eigenvalue weighted by Gasteiger charge is -2.10. The molecule has 0 aliphatic carbocycles. The van der Waals surface area contributed by atoms with Gasteiger partial charge in [0.15, 0.2) is 6.29 Å². The molecule has 0 unspecified atom stereocenters. The van der Waals surface area contributed by atoms with Crippen molar-refractivity contribution in [2.24, 2.45) is 0 Å². The van der Waals surface area contributed by atoms with Crippen LogP contribution in [0.2, 0.25) is 0 Å². The Balaban J connectivity index is 1.58. The van der Waals surface area contributed by atoms with Gasteiger partial charge in [0.05, 0.1) is 13.2 Å². The van der Waals surface area contributed by atoms with Crippen LogP contribution in [0.3, 0.4) is 0 Å². The Morgan fingerprint density at radius 2 is 1.67 bits per heavy atom. The number of carbonyl (C=O) groups is 2. The predicted molar refractivity (Wildman–Crippen MR) is 76.1 cm³/mol. The topological polar surface area (TPSA) is 55.8 Å². The van der Waals surface area contributed by atoms with E-state index in [0.29, 0.717) is 32.6 Å². The normalized spacial score (nSPS) is 20.1. The van der Waals surface area contributed by atoms with E-state index >= 15 is 0 Å². The van der Waals surface area contributed by atoms with Gasteiger partial charge in [0.1, 0.15) is 0 Å². The first-order chi connectivity index (χ1) is 10.2. The summed E-state index contributed by atoms with van der Waals surface area (Å²) in [6.45, 7) is 1.60. The second-order valence-corrected chi connectivity index (χ2v) is 5.04. The zero-order valence-corrected chi connectivity index (χ0v) is 11.7. The van der Waals surface area contributed by atoms with Crippen molar-refractivity contribution in [3.63, 3.8) is 0 Å². The van der Waals surface area contributed by atoms with Gasteiger partial charge in [0.25, 0.3) is 0 Å². The van der Waals surface area contributed by atoms with Crippen LogP contribution in [-0.2, 0) is 19.1 Å². The molecule has 1 aromatic rings. The third-order valence-electron chi connectivity index (χ3n) is 3.58. The van der Waals surface area contributed by atoms with Crippen LogP contribution >= 0.6 is 0 Å². The van der Waals surface area contributed by atoms with Crippen LogP contribution in [0.25, 0.3) is 6.08 Å². The van der Waals surface area contributed by atoms with Crippen molar-refractivity contribution in [2.45, 2.75) is 19.1 Å². The summed E-state index contributed by atoms with van der Waals surface area (Å²) in [5, 5.41) is 0. The van der Waals surface area contributed by atoms with Gasteiger partial charge in [-0.3, -0.25) is 14.5 Å². The Bertz CT molecular complexity index is 542. The van der Waals surface area contributed by atoms with Gasteiger partial charge < -0.3 is 9.47 Å². The smallest absolute Gasteiger partial charge is 0.229 e. The highest BCUT2D eigenvalue weighted by molar-refractivity contribution is 6.02. The van der Waals surface area contributed by atoms with Gasteiger partial charge in [-0.2, -0.15) is 0 Å². The molecule has 5 nitrogen and oxygen atoms in total. The molecule has 2 saturated heterocycles. The molecule has 0 atom stereocenters. The second kappa shape index (κ2) is 6.20. The van der Waals surface area contributed by atoms with E-state index in [4.69, 9.17) is 9.47 Å². The maximum absolute atomic E-state index is 11.5. The van der Waals surface area contributed by atoms with Crippen molar-refractivity contribution < 1.29 is 19.1 Å². The number of imide groups is 1. The molecule has 21 heavy (non-hydrogen) atoms. The fourth-order valence-corrected chi connectivity index (χ4v) is 2.44. The molecular formula is C16H17NO4. The summed E-state index contributed by atoms with van der Waals surface area (Å²) in [5.41, 5.74) is 2.00. The van der Waals surface area contributed by atoms with Gasteiger partial charge in [-0.05, 0) is 5.56 Å². The van der Waals surface area contributed by atoms with Crippen LogP contribution in [0, 0.1) is 0 Å². The van der Waals surface area contributed by atoms with E-state index in [2.05, 4.69) is 0 Å². The number of carbonyl (C=O) groups excluding carboxylic acids is 2. The summed E-state index contributed by atoms with van der Waals surface area (Å²) in [6.07, 6.45) is 4.14. The van der Waals surface area contributed by atoms with Crippen molar-refractivity contribution in [3.05, 3.63) is 41.5 Å². The van der Waals surface area contributed by atoms with Gasteiger partial charge in [0.2, 0.25) is 11.8 Å². The van der Waals surface area contributed by atoms with Crippen LogP contribution in [0.4, 0.5) is 0 Å². The summed E-state index contributed by atoms with van der Waals surface area (Å²) < 4.78 is 10.9. The monoisotopic (exact) mass is 287 g/mol. The molecule has 2 heterocycles. The molecule has 2 fully saturated rings. The molecule has 0 saturated carbocycles. The van der Waals surface area contributed by atoms with Crippen LogP contribution in [-0.4, -0.2) is 36.5 Å². The number of amides is 2. The fourth-order valence-electron chi connectivity index (χ4n) is 2.44. The molecule has 0 bridgehead atoms. The molecule has 110 valence electrons. The van der Waals surface area contributed by atoms with E-state index in [9.17, 15) is 9.59 Å². The van der Waals surface area contributed by atoms with E-state index in [1.165, 1.54) is 4.90 Å². The first kappa shape index (κ1) is 14.0. The minimum absolute atomic E-state index is 0.0875. The Morgan fingerprint density at radius 1 is 1.05 bits per heavy atom. The lowest BCUT2D eigenvalue weighted by Crippen LogP contribution is -2.28.